The Bertz CT molecular complexity index is 655. The third-order valence-electron chi connectivity index (χ3n) is 3.96. The SMILES string of the molecule is CCC(O)CN(Cc1ccc2c(c1)OCO2)Cc1ccc(C)s1. The van der Waals surface area contributed by atoms with Crippen molar-refractivity contribution < 1.29 is 14.6 Å². The highest BCUT2D eigenvalue weighted by Crippen LogP contribution is 2.33. The Morgan fingerprint density at radius 1 is 1.17 bits per heavy atom. The maximum atomic E-state index is 10.1. The summed E-state index contributed by atoms with van der Waals surface area (Å²) in [6.07, 6.45) is 0.464. The number of aliphatic hydroxyl groups is 1. The van der Waals surface area contributed by atoms with Crippen LogP contribution in [0.4, 0.5) is 0 Å². The Kier molecular flexibility index (Phi) is 5.20. The molecule has 23 heavy (non-hydrogen) atoms. The molecule has 124 valence electrons. The van der Waals surface area contributed by atoms with Gasteiger partial charge in [-0.25, -0.2) is 0 Å². The Hall–Kier alpha value is -1.56. The zero-order valence-corrected chi connectivity index (χ0v) is 14.4. The molecule has 1 N–H and O–H groups in total. The molecule has 2 heterocycles. The minimum Gasteiger partial charge on any atom is -0.454 e. The van der Waals surface area contributed by atoms with Crippen LogP contribution >= 0.6 is 11.3 Å². The lowest BCUT2D eigenvalue weighted by atomic mass is 10.1. The van der Waals surface area contributed by atoms with Crippen molar-refractivity contribution in [3.63, 3.8) is 0 Å². The Balaban J connectivity index is 1.72. The summed E-state index contributed by atoms with van der Waals surface area (Å²) in [5.41, 5.74) is 1.17. The van der Waals surface area contributed by atoms with E-state index in [1.807, 2.05) is 30.4 Å². The van der Waals surface area contributed by atoms with Crippen LogP contribution in [-0.4, -0.2) is 29.4 Å². The first-order chi connectivity index (χ1) is 11.1. The predicted octanol–water partition coefficient (Wildman–Crippen LogP) is 3.56. The van der Waals surface area contributed by atoms with Gasteiger partial charge in [-0.15, -0.1) is 11.3 Å². The van der Waals surface area contributed by atoms with Crippen LogP contribution in [0.15, 0.2) is 30.3 Å². The van der Waals surface area contributed by atoms with Crippen molar-refractivity contribution in [2.24, 2.45) is 0 Å². The van der Waals surface area contributed by atoms with Crippen molar-refractivity contribution in [2.75, 3.05) is 13.3 Å². The molecule has 0 saturated carbocycles. The molecule has 5 heteroatoms. The Labute approximate surface area is 141 Å². The van der Waals surface area contributed by atoms with Crippen LogP contribution in [0.2, 0.25) is 0 Å². The molecule has 0 bridgehead atoms. The number of benzene rings is 1. The number of nitrogens with zero attached hydrogens (tertiary/aromatic N) is 1. The van der Waals surface area contributed by atoms with Gasteiger partial charge in [-0.2, -0.15) is 0 Å². The van der Waals surface area contributed by atoms with E-state index in [1.54, 1.807) is 0 Å². The summed E-state index contributed by atoms with van der Waals surface area (Å²) in [5.74, 6) is 1.62. The molecule has 0 spiro atoms. The zero-order chi connectivity index (χ0) is 16.2. The molecule has 0 radical (unpaired) electrons. The highest BCUT2D eigenvalue weighted by molar-refractivity contribution is 7.11. The van der Waals surface area contributed by atoms with Gasteiger partial charge in [0.1, 0.15) is 0 Å². The lowest BCUT2D eigenvalue weighted by molar-refractivity contribution is 0.102. The topological polar surface area (TPSA) is 41.9 Å². The van der Waals surface area contributed by atoms with Gasteiger partial charge in [0.2, 0.25) is 6.79 Å². The van der Waals surface area contributed by atoms with Crippen LogP contribution in [0.3, 0.4) is 0 Å². The quantitative estimate of drug-likeness (QED) is 0.841. The summed E-state index contributed by atoms with van der Waals surface area (Å²) in [4.78, 5) is 4.93. The van der Waals surface area contributed by atoms with E-state index in [9.17, 15) is 5.11 Å². The summed E-state index contributed by atoms with van der Waals surface area (Å²) in [5, 5.41) is 10.1. The van der Waals surface area contributed by atoms with Gasteiger partial charge in [-0.1, -0.05) is 13.0 Å². The Morgan fingerprint density at radius 3 is 2.74 bits per heavy atom. The first-order valence-corrected chi connectivity index (χ1v) is 8.80. The summed E-state index contributed by atoms with van der Waals surface area (Å²) in [7, 11) is 0. The van der Waals surface area contributed by atoms with E-state index in [-0.39, 0.29) is 6.10 Å². The van der Waals surface area contributed by atoms with Crippen molar-refractivity contribution in [3.8, 4) is 11.5 Å². The van der Waals surface area contributed by atoms with E-state index in [4.69, 9.17) is 9.47 Å². The van der Waals surface area contributed by atoms with E-state index >= 15 is 0 Å². The number of ether oxygens (including phenoxy) is 2. The fourth-order valence-electron chi connectivity index (χ4n) is 2.70. The number of hydrogen-bond acceptors (Lipinski definition) is 5. The fraction of sp³-hybridized carbons (Fsp3) is 0.444. The maximum absolute atomic E-state index is 10.1. The molecule has 1 aromatic heterocycles. The van der Waals surface area contributed by atoms with Gasteiger partial charge in [0.05, 0.1) is 6.10 Å². The van der Waals surface area contributed by atoms with Gasteiger partial charge < -0.3 is 14.6 Å². The number of aliphatic hydroxyl groups excluding tert-OH is 1. The van der Waals surface area contributed by atoms with Gasteiger partial charge in [0, 0.05) is 29.4 Å². The van der Waals surface area contributed by atoms with Gasteiger partial charge in [-0.3, -0.25) is 4.90 Å². The van der Waals surface area contributed by atoms with E-state index in [0.29, 0.717) is 13.3 Å². The van der Waals surface area contributed by atoms with Crippen LogP contribution in [0.5, 0.6) is 11.5 Å². The second kappa shape index (κ2) is 7.34. The van der Waals surface area contributed by atoms with Crippen LogP contribution in [-0.2, 0) is 13.1 Å². The molecular weight excluding hydrogens is 310 g/mol. The van der Waals surface area contributed by atoms with Crippen LogP contribution < -0.4 is 9.47 Å². The standard InChI is InChI=1S/C18H23NO3S/c1-3-15(20)10-19(11-16-6-4-13(2)23-16)9-14-5-7-17-18(8-14)22-12-21-17/h4-8,15,20H,3,9-12H2,1-2H3. The minimum atomic E-state index is -0.301. The maximum Gasteiger partial charge on any atom is 0.231 e. The van der Waals surface area contributed by atoms with Crippen molar-refractivity contribution in [1.29, 1.82) is 0 Å². The zero-order valence-electron chi connectivity index (χ0n) is 13.6. The van der Waals surface area contributed by atoms with Gasteiger partial charge in [-0.05, 0) is 43.2 Å². The third-order valence-corrected chi connectivity index (χ3v) is 4.94. The molecule has 0 amide bonds. The molecule has 0 saturated heterocycles. The van der Waals surface area contributed by atoms with E-state index in [1.165, 1.54) is 15.3 Å². The molecule has 1 atom stereocenters. The first-order valence-electron chi connectivity index (χ1n) is 7.98. The molecular formula is C18H23NO3S. The van der Waals surface area contributed by atoms with Crippen molar-refractivity contribution in [1.82, 2.24) is 4.90 Å². The minimum absolute atomic E-state index is 0.297. The third kappa shape index (κ3) is 4.25. The average Bonchev–Trinajstić information content (AvgIpc) is 3.15. The largest absolute Gasteiger partial charge is 0.454 e. The number of thiophene rings is 1. The number of fused-ring (bicyclic) bond motifs is 1. The molecule has 1 aromatic carbocycles. The van der Waals surface area contributed by atoms with Crippen LogP contribution in [0.1, 0.15) is 28.7 Å². The first kappa shape index (κ1) is 16.3. The number of hydrogen-bond donors (Lipinski definition) is 1. The lowest BCUT2D eigenvalue weighted by Gasteiger charge is -2.24. The number of rotatable bonds is 7. The molecule has 1 aliphatic rings. The van der Waals surface area contributed by atoms with Gasteiger partial charge >= 0.3 is 0 Å². The fourth-order valence-corrected chi connectivity index (χ4v) is 3.63. The van der Waals surface area contributed by atoms with E-state index < -0.39 is 0 Å². The predicted molar refractivity (Wildman–Crippen MR) is 92.0 cm³/mol. The lowest BCUT2D eigenvalue weighted by Crippen LogP contribution is -2.31. The monoisotopic (exact) mass is 333 g/mol. The molecule has 1 unspecified atom stereocenters. The number of aryl methyl sites for hydroxylation is 1. The molecule has 0 fully saturated rings. The van der Waals surface area contributed by atoms with Crippen molar-refractivity contribution in [2.45, 2.75) is 39.5 Å². The summed E-state index contributed by atoms with van der Waals surface area (Å²) in [6.45, 7) is 6.73. The second-order valence-corrected chi connectivity index (χ2v) is 7.30. The van der Waals surface area contributed by atoms with Crippen LogP contribution in [0.25, 0.3) is 0 Å². The molecule has 0 aliphatic carbocycles. The highest BCUT2D eigenvalue weighted by Gasteiger charge is 2.16. The van der Waals surface area contributed by atoms with Crippen molar-refractivity contribution >= 4 is 11.3 Å². The summed E-state index contributed by atoms with van der Waals surface area (Å²) < 4.78 is 10.8. The summed E-state index contributed by atoms with van der Waals surface area (Å²) >= 11 is 1.81. The smallest absolute Gasteiger partial charge is 0.231 e. The molecule has 4 nitrogen and oxygen atoms in total. The molecule has 1 aliphatic heterocycles. The molecule has 3 rings (SSSR count). The van der Waals surface area contributed by atoms with Gasteiger partial charge in [0.15, 0.2) is 11.5 Å². The molecule has 2 aromatic rings. The second-order valence-electron chi connectivity index (χ2n) is 5.93. The highest BCUT2D eigenvalue weighted by atomic mass is 32.1. The normalized spacial score (nSPS) is 14.4. The Morgan fingerprint density at radius 2 is 2.00 bits per heavy atom. The van der Waals surface area contributed by atoms with Crippen LogP contribution in [0, 0.1) is 6.92 Å². The van der Waals surface area contributed by atoms with Crippen molar-refractivity contribution in [3.05, 3.63) is 45.6 Å². The summed E-state index contributed by atoms with van der Waals surface area (Å²) in [6, 6.07) is 10.4. The van der Waals surface area contributed by atoms with E-state index in [2.05, 4.69) is 30.0 Å². The van der Waals surface area contributed by atoms with E-state index in [0.717, 1.165) is 31.0 Å². The average molecular weight is 333 g/mol. The van der Waals surface area contributed by atoms with Gasteiger partial charge in [0.25, 0.3) is 0 Å².